The van der Waals surface area contributed by atoms with Crippen LogP contribution in [0, 0.1) is 5.92 Å². The Hall–Kier alpha value is -2.71. The quantitative estimate of drug-likeness (QED) is 0.487. The number of benzene rings is 2. The monoisotopic (exact) mass is 477 g/mol. The number of pyridine rings is 1. The highest BCUT2D eigenvalue weighted by Gasteiger charge is 2.19. The van der Waals surface area contributed by atoms with Crippen molar-refractivity contribution in [2.75, 3.05) is 29.5 Å². The van der Waals surface area contributed by atoms with E-state index in [0.717, 1.165) is 5.39 Å². The number of fused-ring (bicyclic) bond motifs is 1. The number of hydrogen-bond donors (Lipinski definition) is 2. The smallest absolute Gasteiger partial charge is 0.253 e. The van der Waals surface area contributed by atoms with Crippen molar-refractivity contribution in [3.8, 4) is 5.75 Å². The zero-order valence-electron chi connectivity index (χ0n) is 18.8. The van der Waals surface area contributed by atoms with Crippen LogP contribution in [-0.4, -0.2) is 33.3 Å². The second-order valence-electron chi connectivity index (χ2n) is 8.23. The van der Waals surface area contributed by atoms with Crippen molar-refractivity contribution in [3.05, 3.63) is 63.4 Å². The summed E-state index contributed by atoms with van der Waals surface area (Å²) < 4.78 is 31.2. The Balaban J connectivity index is 1.93. The molecule has 2 aromatic carbocycles. The first-order chi connectivity index (χ1) is 15.0. The molecule has 3 aromatic rings. The van der Waals surface area contributed by atoms with Gasteiger partial charge in [0.1, 0.15) is 5.75 Å². The van der Waals surface area contributed by atoms with E-state index < -0.39 is 10.0 Å². The molecule has 0 fully saturated rings. The van der Waals surface area contributed by atoms with E-state index in [1.165, 1.54) is 17.7 Å². The van der Waals surface area contributed by atoms with Crippen molar-refractivity contribution >= 4 is 43.9 Å². The maximum Gasteiger partial charge on any atom is 0.253 e. The number of ether oxygens (including phenoxy) is 1. The summed E-state index contributed by atoms with van der Waals surface area (Å²) in [6, 6.07) is 12.1. The lowest BCUT2D eigenvalue weighted by Gasteiger charge is -2.25. The number of anilines is 2. The van der Waals surface area contributed by atoms with Gasteiger partial charge in [-0.3, -0.25) is 9.10 Å². The van der Waals surface area contributed by atoms with E-state index >= 15 is 0 Å². The number of aromatic nitrogens is 1. The summed E-state index contributed by atoms with van der Waals surface area (Å²) in [5, 5.41) is 4.54. The van der Waals surface area contributed by atoms with E-state index in [-0.39, 0.29) is 17.5 Å². The molecule has 1 aromatic heterocycles. The predicted octanol–water partition coefficient (Wildman–Crippen LogP) is 4.79. The molecule has 0 amide bonds. The van der Waals surface area contributed by atoms with Gasteiger partial charge in [0.2, 0.25) is 10.0 Å². The lowest BCUT2D eigenvalue weighted by atomic mass is 10.1. The van der Waals surface area contributed by atoms with Gasteiger partial charge < -0.3 is 15.0 Å². The molecule has 0 bridgehead atoms. The Bertz CT molecular complexity index is 1290. The first kappa shape index (κ1) is 23.9. The van der Waals surface area contributed by atoms with E-state index in [4.69, 9.17) is 16.3 Å². The maximum atomic E-state index is 12.7. The van der Waals surface area contributed by atoms with E-state index in [1.54, 1.807) is 36.4 Å². The summed E-state index contributed by atoms with van der Waals surface area (Å²) in [6.07, 6.45) is 1.20. The first-order valence-electron chi connectivity index (χ1n) is 10.2. The molecule has 0 unspecified atom stereocenters. The summed E-state index contributed by atoms with van der Waals surface area (Å²) in [7, 11) is -1.90. The molecule has 32 heavy (non-hydrogen) atoms. The van der Waals surface area contributed by atoms with Gasteiger partial charge in [0.15, 0.2) is 0 Å². The molecule has 0 aliphatic carbocycles. The van der Waals surface area contributed by atoms with Crippen LogP contribution in [0.4, 0.5) is 11.4 Å². The van der Waals surface area contributed by atoms with Crippen LogP contribution >= 0.6 is 11.6 Å². The van der Waals surface area contributed by atoms with Crippen molar-refractivity contribution in [2.24, 2.45) is 5.92 Å². The van der Waals surface area contributed by atoms with Crippen LogP contribution < -0.4 is 19.9 Å². The van der Waals surface area contributed by atoms with E-state index in [2.05, 4.69) is 10.3 Å². The van der Waals surface area contributed by atoms with Gasteiger partial charge in [-0.15, -0.1) is 0 Å². The molecule has 9 heteroatoms. The molecule has 0 saturated carbocycles. The van der Waals surface area contributed by atoms with Crippen LogP contribution in [0.15, 0.2) is 47.3 Å². The van der Waals surface area contributed by atoms with Gasteiger partial charge in [-0.25, -0.2) is 8.42 Å². The third kappa shape index (κ3) is 5.37. The molecule has 1 heterocycles. The average molecular weight is 478 g/mol. The van der Waals surface area contributed by atoms with Crippen molar-refractivity contribution in [1.82, 2.24) is 4.98 Å². The molecule has 0 saturated heterocycles. The van der Waals surface area contributed by atoms with Gasteiger partial charge in [0.25, 0.3) is 5.56 Å². The molecule has 0 aliphatic rings. The molecule has 2 N–H and O–H groups in total. The molecule has 0 radical (unpaired) electrons. The second-order valence-corrected chi connectivity index (χ2v) is 10.5. The Morgan fingerprint density at radius 1 is 1.16 bits per heavy atom. The van der Waals surface area contributed by atoms with Gasteiger partial charge >= 0.3 is 0 Å². The fourth-order valence-corrected chi connectivity index (χ4v) is 4.86. The minimum Gasteiger partial charge on any atom is -0.495 e. The van der Waals surface area contributed by atoms with Crippen molar-refractivity contribution in [1.29, 1.82) is 0 Å². The lowest BCUT2D eigenvalue weighted by Crippen LogP contribution is -2.33. The highest BCUT2D eigenvalue weighted by molar-refractivity contribution is 7.92. The van der Waals surface area contributed by atoms with E-state index in [0.29, 0.717) is 39.8 Å². The molecule has 0 spiro atoms. The normalized spacial score (nSPS) is 12.7. The highest BCUT2D eigenvalue weighted by Crippen LogP contribution is 2.30. The molecule has 172 valence electrons. The van der Waals surface area contributed by atoms with Gasteiger partial charge in [0, 0.05) is 29.2 Å². The topological polar surface area (TPSA) is 91.5 Å². The SMILES string of the molecule is COc1cc2[nH]c(=O)c([C@H](C)Nc3cccc(N(CC(C)C)S(C)(=O)=O)c3)cc2cc1Cl. The standard InChI is InChI=1S/C23H28ClN3O4S/c1-14(2)13-27(32(5,29)30)18-8-6-7-17(11-18)25-15(3)19-9-16-10-20(24)22(31-4)12-21(16)26-23(19)28/h6-12,14-15,25H,13H2,1-5H3,(H,26,28)/t15-/m0/s1. The molecular formula is C23H28ClN3O4S. The zero-order valence-corrected chi connectivity index (χ0v) is 20.3. The van der Waals surface area contributed by atoms with E-state index in [9.17, 15) is 13.2 Å². The molecule has 7 nitrogen and oxygen atoms in total. The minimum absolute atomic E-state index is 0.168. The fourth-order valence-electron chi connectivity index (χ4n) is 3.54. The van der Waals surface area contributed by atoms with Gasteiger partial charge in [0.05, 0.1) is 35.6 Å². The van der Waals surface area contributed by atoms with Crippen LogP contribution in [0.3, 0.4) is 0 Å². The summed E-state index contributed by atoms with van der Waals surface area (Å²) in [6.45, 7) is 6.19. The van der Waals surface area contributed by atoms with Gasteiger partial charge in [-0.05, 0) is 43.2 Å². The summed E-state index contributed by atoms with van der Waals surface area (Å²) in [5.41, 5.74) is 2.22. The maximum absolute atomic E-state index is 12.7. The summed E-state index contributed by atoms with van der Waals surface area (Å²) >= 11 is 6.24. The summed E-state index contributed by atoms with van der Waals surface area (Å²) in [4.78, 5) is 15.6. The number of halogens is 1. The fraction of sp³-hybridized carbons (Fsp3) is 0.348. The third-order valence-electron chi connectivity index (χ3n) is 5.06. The van der Waals surface area contributed by atoms with Crippen molar-refractivity contribution < 1.29 is 13.2 Å². The molecule has 1 atom stereocenters. The Labute approximate surface area is 193 Å². The van der Waals surface area contributed by atoms with Gasteiger partial charge in [-0.2, -0.15) is 0 Å². The molecule has 3 rings (SSSR count). The van der Waals surface area contributed by atoms with Crippen LogP contribution in [0.25, 0.3) is 10.9 Å². The molecular weight excluding hydrogens is 450 g/mol. The number of methoxy groups -OCH3 is 1. The van der Waals surface area contributed by atoms with E-state index in [1.807, 2.05) is 26.8 Å². The Kier molecular flexibility index (Phi) is 7.05. The van der Waals surface area contributed by atoms with Crippen LogP contribution in [-0.2, 0) is 10.0 Å². The number of nitrogens with one attached hydrogen (secondary N) is 2. The molecule has 0 aliphatic heterocycles. The van der Waals surface area contributed by atoms with Crippen molar-refractivity contribution in [3.63, 3.8) is 0 Å². The largest absolute Gasteiger partial charge is 0.495 e. The zero-order chi connectivity index (χ0) is 23.6. The minimum atomic E-state index is -3.42. The van der Waals surface area contributed by atoms with Crippen LogP contribution in [0.1, 0.15) is 32.4 Å². The lowest BCUT2D eigenvalue weighted by molar-refractivity contribution is 0.415. The number of aromatic amines is 1. The Morgan fingerprint density at radius 2 is 1.88 bits per heavy atom. The number of rotatable bonds is 8. The first-order valence-corrected chi connectivity index (χ1v) is 12.5. The van der Waals surface area contributed by atoms with Gasteiger partial charge in [-0.1, -0.05) is 31.5 Å². The Morgan fingerprint density at radius 3 is 2.50 bits per heavy atom. The number of nitrogens with zero attached hydrogens (tertiary/aromatic N) is 1. The predicted molar refractivity (Wildman–Crippen MR) is 132 cm³/mol. The van der Waals surface area contributed by atoms with Crippen LogP contribution in [0.5, 0.6) is 5.75 Å². The second kappa shape index (κ2) is 9.42. The summed E-state index contributed by atoms with van der Waals surface area (Å²) in [5.74, 6) is 0.657. The third-order valence-corrected chi connectivity index (χ3v) is 6.52. The average Bonchev–Trinajstić information content (AvgIpc) is 2.70. The van der Waals surface area contributed by atoms with Crippen LogP contribution in [0.2, 0.25) is 5.02 Å². The number of H-pyrrole nitrogens is 1. The van der Waals surface area contributed by atoms with Crippen molar-refractivity contribution in [2.45, 2.75) is 26.8 Å². The number of hydrogen-bond acceptors (Lipinski definition) is 5. The highest BCUT2D eigenvalue weighted by atomic mass is 35.5. The number of sulfonamides is 1.